The van der Waals surface area contributed by atoms with Crippen molar-refractivity contribution in [3.8, 4) is 0 Å². The van der Waals surface area contributed by atoms with Crippen LogP contribution in [0.5, 0.6) is 0 Å². The van der Waals surface area contributed by atoms with E-state index in [1.165, 1.54) is 4.90 Å². The van der Waals surface area contributed by atoms with Gasteiger partial charge in [0.15, 0.2) is 0 Å². The Balaban J connectivity index is 1.88. The number of hydrogen-bond donors (Lipinski definition) is 4. The van der Waals surface area contributed by atoms with Crippen molar-refractivity contribution in [2.75, 3.05) is 18.0 Å². The molecule has 0 aromatic heterocycles. The highest BCUT2D eigenvalue weighted by Crippen LogP contribution is 2.29. The number of benzene rings is 1. The molecule has 2 rings (SSSR count). The van der Waals surface area contributed by atoms with Gasteiger partial charge in [0, 0.05) is 12.6 Å². The minimum atomic E-state index is -1.70. The van der Waals surface area contributed by atoms with Gasteiger partial charge in [0.05, 0.1) is 18.2 Å². The molecule has 0 spiro atoms. The Morgan fingerprint density at radius 3 is 2.59 bits per heavy atom. The summed E-state index contributed by atoms with van der Waals surface area (Å²) in [5.41, 5.74) is 0.00579. The molecule has 27 heavy (non-hydrogen) atoms. The molecule has 1 heterocycles. The minimum absolute atomic E-state index is 0.00579. The highest BCUT2D eigenvalue weighted by atomic mass is 19.1. The Bertz CT molecular complexity index is 690. The Labute approximate surface area is 156 Å². The second-order valence-corrected chi connectivity index (χ2v) is 7.03. The molecule has 0 saturated carbocycles. The summed E-state index contributed by atoms with van der Waals surface area (Å²) >= 11 is 0. The van der Waals surface area contributed by atoms with Crippen molar-refractivity contribution in [1.82, 2.24) is 10.6 Å². The summed E-state index contributed by atoms with van der Waals surface area (Å²) in [4.78, 5) is 25.6. The van der Waals surface area contributed by atoms with Crippen LogP contribution in [-0.4, -0.2) is 54.1 Å². The summed E-state index contributed by atoms with van der Waals surface area (Å²) in [6, 6.07) is 2.34. The van der Waals surface area contributed by atoms with E-state index in [-0.39, 0.29) is 18.2 Å². The molecule has 1 unspecified atom stereocenters. The van der Waals surface area contributed by atoms with Gasteiger partial charge in [-0.2, -0.15) is 0 Å². The molecule has 0 radical (unpaired) electrons. The fourth-order valence-electron chi connectivity index (χ4n) is 2.96. The molecule has 148 valence electrons. The average molecular weight is 383 g/mol. The zero-order valence-electron chi connectivity index (χ0n) is 15.3. The standard InChI is InChI=1S/C17H24BF2N3O4/c1-10(2)7-15(18(26)27)22-16(24)9-21-17(25)13-5-6-23(13)14-8-11(19)3-4-12(14)20/h3-4,8,10,13,15,26-27H,5-7,9H2,1-2H3,(H,21,25)(H,22,24)/t13-,15?/m0/s1. The van der Waals surface area contributed by atoms with Crippen molar-refractivity contribution >= 4 is 24.6 Å². The number of nitrogens with one attached hydrogen (secondary N) is 2. The summed E-state index contributed by atoms with van der Waals surface area (Å²) in [6.07, 6.45) is 0.821. The number of rotatable bonds is 8. The molecule has 7 nitrogen and oxygen atoms in total. The molecule has 2 atom stereocenters. The first-order valence-corrected chi connectivity index (χ1v) is 8.84. The van der Waals surface area contributed by atoms with Crippen LogP contribution in [-0.2, 0) is 9.59 Å². The van der Waals surface area contributed by atoms with Gasteiger partial charge in [-0.25, -0.2) is 8.78 Å². The van der Waals surface area contributed by atoms with Crippen molar-refractivity contribution in [3.63, 3.8) is 0 Å². The van der Waals surface area contributed by atoms with E-state index >= 15 is 0 Å². The van der Waals surface area contributed by atoms with Crippen molar-refractivity contribution < 1.29 is 28.4 Å². The first kappa shape index (κ1) is 21.1. The van der Waals surface area contributed by atoms with Gasteiger partial charge in [-0.3, -0.25) is 9.59 Å². The van der Waals surface area contributed by atoms with Gasteiger partial charge in [-0.15, -0.1) is 0 Å². The van der Waals surface area contributed by atoms with Gasteiger partial charge in [-0.1, -0.05) is 13.8 Å². The van der Waals surface area contributed by atoms with Crippen LogP contribution in [0.2, 0.25) is 0 Å². The maximum Gasteiger partial charge on any atom is 0.475 e. The second kappa shape index (κ2) is 9.14. The van der Waals surface area contributed by atoms with E-state index in [0.717, 1.165) is 18.2 Å². The lowest BCUT2D eigenvalue weighted by Gasteiger charge is -2.41. The zero-order valence-corrected chi connectivity index (χ0v) is 15.3. The number of amides is 2. The molecule has 1 aliphatic rings. The van der Waals surface area contributed by atoms with Crippen LogP contribution in [0.1, 0.15) is 26.7 Å². The lowest BCUT2D eigenvalue weighted by Crippen LogP contribution is -2.58. The van der Waals surface area contributed by atoms with Gasteiger partial charge in [-0.05, 0) is 30.9 Å². The van der Waals surface area contributed by atoms with E-state index in [1.807, 2.05) is 13.8 Å². The second-order valence-electron chi connectivity index (χ2n) is 7.03. The third kappa shape index (κ3) is 5.64. The Morgan fingerprint density at radius 1 is 1.33 bits per heavy atom. The van der Waals surface area contributed by atoms with E-state index in [2.05, 4.69) is 10.6 Å². The van der Waals surface area contributed by atoms with Crippen LogP contribution in [0.25, 0.3) is 0 Å². The minimum Gasteiger partial charge on any atom is -0.426 e. The fourth-order valence-corrected chi connectivity index (χ4v) is 2.96. The van der Waals surface area contributed by atoms with E-state index in [9.17, 15) is 28.4 Å². The molecule has 1 aromatic rings. The van der Waals surface area contributed by atoms with E-state index in [1.54, 1.807) is 0 Å². The van der Waals surface area contributed by atoms with E-state index in [4.69, 9.17) is 0 Å². The average Bonchev–Trinajstić information content (AvgIpc) is 2.54. The first-order chi connectivity index (χ1) is 12.7. The summed E-state index contributed by atoms with van der Waals surface area (Å²) in [6.45, 7) is 3.80. The van der Waals surface area contributed by atoms with Gasteiger partial charge < -0.3 is 25.6 Å². The maximum absolute atomic E-state index is 13.9. The van der Waals surface area contributed by atoms with Crippen molar-refractivity contribution in [2.24, 2.45) is 5.92 Å². The lowest BCUT2D eigenvalue weighted by atomic mass is 9.75. The van der Waals surface area contributed by atoms with E-state index < -0.39 is 42.6 Å². The molecule has 1 aromatic carbocycles. The fraction of sp³-hybridized carbons (Fsp3) is 0.529. The number of nitrogens with zero attached hydrogens (tertiary/aromatic N) is 1. The maximum atomic E-state index is 13.9. The summed E-state index contributed by atoms with van der Waals surface area (Å²) < 4.78 is 27.2. The van der Waals surface area contributed by atoms with Gasteiger partial charge >= 0.3 is 7.12 Å². The molecule has 0 aliphatic carbocycles. The number of anilines is 1. The molecular formula is C17H24BF2N3O4. The highest BCUT2D eigenvalue weighted by Gasteiger charge is 2.36. The summed E-state index contributed by atoms with van der Waals surface area (Å²) in [5.74, 6) is -2.97. The first-order valence-electron chi connectivity index (χ1n) is 8.84. The Kier molecular flexibility index (Phi) is 7.15. The number of carbonyl (C=O) groups is 2. The molecule has 10 heteroatoms. The Morgan fingerprint density at radius 2 is 2.04 bits per heavy atom. The highest BCUT2D eigenvalue weighted by molar-refractivity contribution is 6.43. The smallest absolute Gasteiger partial charge is 0.426 e. The molecule has 4 N–H and O–H groups in total. The van der Waals surface area contributed by atoms with Crippen LogP contribution in [0.3, 0.4) is 0 Å². The van der Waals surface area contributed by atoms with Crippen LogP contribution >= 0.6 is 0 Å². The van der Waals surface area contributed by atoms with Gasteiger partial charge in [0.25, 0.3) is 0 Å². The summed E-state index contributed by atoms with van der Waals surface area (Å²) in [7, 11) is -1.70. The van der Waals surface area contributed by atoms with E-state index in [0.29, 0.717) is 19.4 Å². The molecule has 2 amide bonds. The van der Waals surface area contributed by atoms with Crippen LogP contribution < -0.4 is 15.5 Å². The lowest BCUT2D eigenvalue weighted by molar-refractivity contribution is -0.127. The van der Waals surface area contributed by atoms with Gasteiger partial charge in [0.1, 0.15) is 17.7 Å². The topological polar surface area (TPSA) is 102 Å². The van der Waals surface area contributed by atoms with Crippen molar-refractivity contribution in [2.45, 2.75) is 38.7 Å². The quantitative estimate of drug-likeness (QED) is 0.481. The monoisotopic (exact) mass is 383 g/mol. The van der Waals surface area contributed by atoms with Crippen LogP contribution in [0.4, 0.5) is 14.5 Å². The third-order valence-corrected chi connectivity index (χ3v) is 4.39. The predicted octanol–water partition coefficient (Wildman–Crippen LogP) is 0.203. The van der Waals surface area contributed by atoms with Gasteiger partial charge in [0.2, 0.25) is 11.8 Å². The van der Waals surface area contributed by atoms with Crippen LogP contribution in [0.15, 0.2) is 18.2 Å². The van der Waals surface area contributed by atoms with Crippen molar-refractivity contribution in [3.05, 3.63) is 29.8 Å². The normalized spacial score (nSPS) is 17.3. The molecule has 1 fully saturated rings. The predicted molar refractivity (Wildman–Crippen MR) is 96.7 cm³/mol. The molecule has 1 saturated heterocycles. The largest absolute Gasteiger partial charge is 0.475 e. The number of halogens is 2. The third-order valence-electron chi connectivity index (χ3n) is 4.39. The SMILES string of the molecule is CC(C)CC(NC(=O)CNC(=O)[C@@H]1CCN1c1cc(F)ccc1F)B(O)O. The van der Waals surface area contributed by atoms with Crippen LogP contribution in [0, 0.1) is 17.6 Å². The zero-order chi connectivity index (χ0) is 20.1. The Hall–Kier alpha value is -2.20. The molecule has 0 bridgehead atoms. The number of carbonyl (C=O) groups excluding carboxylic acids is 2. The summed E-state index contributed by atoms with van der Waals surface area (Å²) in [5, 5.41) is 23.5. The molecular weight excluding hydrogens is 359 g/mol. The van der Waals surface area contributed by atoms with Crippen molar-refractivity contribution in [1.29, 1.82) is 0 Å². The number of hydrogen-bond acceptors (Lipinski definition) is 5. The molecule has 1 aliphatic heterocycles.